The SMILES string of the molecule is CC1CCC(CNc2ccc(NC(=O)C(C)C)cc2)O1. The van der Waals surface area contributed by atoms with Gasteiger partial charge in [0.1, 0.15) is 0 Å². The molecule has 2 atom stereocenters. The number of carbonyl (C=O) groups is 1. The van der Waals surface area contributed by atoms with Crippen molar-refractivity contribution in [1.29, 1.82) is 0 Å². The monoisotopic (exact) mass is 276 g/mol. The lowest BCUT2D eigenvalue weighted by atomic mass is 10.2. The van der Waals surface area contributed by atoms with E-state index in [-0.39, 0.29) is 11.8 Å². The zero-order chi connectivity index (χ0) is 14.5. The molecular weight excluding hydrogens is 252 g/mol. The van der Waals surface area contributed by atoms with Gasteiger partial charge in [-0.3, -0.25) is 4.79 Å². The molecule has 1 heterocycles. The average Bonchev–Trinajstić information content (AvgIpc) is 2.83. The normalized spacial score (nSPS) is 22.0. The van der Waals surface area contributed by atoms with Crippen LogP contribution in [0.15, 0.2) is 24.3 Å². The molecule has 1 amide bonds. The van der Waals surface area contributed by atoms with Crippen molar-refractivity contribution in [1.82, 2.24) is 0 Å². The molecule has 1 aliphatic heterocycles. The summed E-state index contributed by atoms with van der Waals surface area (Å²) in [4.78, 5) is 11.6. The fraction of sp³-hybridized carbons (Fsp3) is 0.562. The van der Waals surface area contributed by atoms with Gasteiger partial charge in [-0.25, -0.2) is 0 Å². The van der Waals surface area contributed by atoms with Crippen LogP contribution >= 0.6 is 0 Å². The third-order valence-corrected chi connectivity index (χ3v) is 3.53. The fourth-order valence-corrected chi connectivity index (χ4v) is 2.23. The molecule has 0 saturated carbocycles. The molecule has 0 aliphatic carbocycles. The van der Waals surface area contributed by atoms with Crippen LogP contribution < -0.4 is 10.6 Å². The zero-order valence-corrected chi connectivity index (χ0v) is 12.5. The number of amides is 1. The van der Waals surface area contributed by atoms with Crippen LogP contribution in [0.1, 0.15) is 33.6 Å². The summed E-state index contributed by atoms with van der Waals surface area (Å²) >= 11 is 0. The zero-order valence-electron chi connectivity index (χ0n) is 12.5. The summed E-state index contributed by atoms with van der Waals surface area (Å²) in [6, 6.07) is 7.80. The van der Waals surface area contributed by atoms with Gasteiger partial charge < -0.3 is 15.4 Å². The number of hydrogen-bond donors (Lipinski definition) is 2. The standard InChI is InChI=1S/C16H24N2O2/c1-11(2)16(19)18-14-7-5-13(6-8-14)17-10-15-9-4-12(3)20-15/h5-8,11-12,15,17H,4,9-10H2,1-3H3,(H,18,19). The smallest absolute Gasteiger partial charge is 0.226 e. The minimum Gasteiger partial charge on any atom is -0.382 e. The number of ether oxygens (including phenoxy) is 1. The Hall–Kier alpha value is -1.55. The molecule has 2 rings (SSSR count). The van der Waals surface area contributed by atoms with E-state index in [1.54, 1.807) is 0 Å². The van der Waals surface area contributed by atoms with Crippen LogP contribution in [0, 0.1) is 5.92 Å². The Bertz CT molecular complexity index is 442. The highest BCUT2D eigenvalue weighted by Crippen LogP contribution is 2.20. The van der Waals surface area contributed by atoms with E-state index in [1.807, 2.05) is 38.1 Å². The molecule has 1 aromatic rings. The minimum atomic E-state index is -0.00527. The van der Waals surface area contributed by atoms with Crippen LogP contribution in [0.25, 0.3) is 0 Å². The summed E-state index contributed by atoms with van der Waals surface area (Å²) < 4.78 is 5.77. The first-order valence-electron chi connectivity index (χ1n) is 7.35. The molecule has 1 saturated heterocycles. The second-order valence-corrected chi connectivity index (χ2v) is 5.75. The van der Waals surface area contributed by atoms with Crippen molar-refractivity contribution >= 4 is 17.3 Å². The van der Waals surface area contributed by atoms with E-state index in [2.05, 4.69) is 17.6 Å². The molecule has 0 spiro atoms. The van der Waals surface area contributed by atoms with Gasteiger partial charge in [0.2, 0.25) is 5.91 Å². The molecule has 110 valence electrons. The van der Waals surface area contributed by atoms with Crippen molar-refractivity contribution in [2.75, 3.05) is 17.2 Å². The van der Waals surface area contributed by atoms with E-state index < -0.39 is 0 Å². The number of hydrogen-bond acceptors (Lipinski definition) is 3. The van der Waals surface area contributed by atoms with E-state index in [1.165, 1.54) is 0 Å². The Morgan fingerprint density at radius 3 is 2.45 bits per heavy atom. The van der Waals surface area contributed by atoms with Crippen molar-refractivity contribution in [3.05, 3.63) is 24.3 Å². The third-order valence-electron chi connectivity index (χ3n) is 3.53. The van der Waals surface area contributed by atoms with Gasteiger partial charge in [-0.05, 0) is 44.0 Å². The lowest BCUT2D eigenvalue weighted by molar-refractivity contribution is -0.118. The van der Waals surface area contributed by atoms with E-state index >= 15 is 0 Å². The van der Waals surface area contributed by atoms with Gasteiger partial charge in [0, 0.05) is 23.8 Å². The van der Waals surface area contributed by atoms with Crippen LogP contribution in [-0.2, 0) is 9.53 Å². The minimum absolute atomic E-state index is 0.00527. The maximum atomic E-state index is 11.6. The highest BCUT2D eigenvalue weighted by Gasteiger charge is 2.21. The Morgan fingerprint density at radius 1 is 1.25 bits per heavy atom. The molecule has 1 aliphatic rings. The summed E-state index contributed by atoms with van der Waals surface area (Å²) in [7, 11) is 0. The molecule has 4 nitrogen and oxygen atoms in total. The van der Waals surface area contributed by atoms with E-state index in [0.29, 0.717) is 12.2 Å². The molecule has 0 radical (unpaired) electrons. The second-order valence-electron chi connectivity index (χ2n) is 5.75. The van der Waals surface area contributed by atoms with Crippen LogP contribution in [0.3, 0.4) is 0 Å². The molecule has 0 aromatic heterocycles. The molecule has 0 bridgehead atoms. The first-order valence-corrected chi connectivity index (χ1v) is 7.35. The van der Waals surface area contributed by atoms with Gasteiger partial charge in [0.05, 0.1) is 12.2 Å². The Morgan fingerprint density at radius 2 is 1.90 bits per heavy atom. The van der Waals surface area contributed by atoms with Gasteiger partial charge in [0.25, 0.3) is 0 Å². The third kappa shape index (κ3) is 4.23. The number of nitrogens with one attached hydrogen (secondary N) is 2. The number of anilines is 2. The van der Waals surface area contributed by atoms with Gasteiger partial charge >= 0.3 is 0 Å². The van der Waals surface area contributed by atoms with E-state index in [4.69, 9.17) is 4.74 Å². The van der Waals surface area contributed by atoms with Crippen molar-refractivity contribution < 1.29 is 9.53 Å². The molecule has 2 unspecified atom stereocenters. The molecular formula is C16H24N2O2. The van der Waals surface area contributed by atoms with E-state index in [0.717, 1.165) is 30.8 Å². The first kappa shape index (κ1) is 14.9. The van der Waals surface area contributed by atoms with Crippen molar-refractivity contribution in [3.63, 3.8) is 0 Å². The highest BCUT2D eigenvalue weighted by molar-refractivity contribution is 5.92. The van der Waals surface area contributed by atoms with Crippen LogP contribution in [0.2, 0.25) is 0 Å². The Balaban J connectivity index is 1.81. The lowest BCUT2D eigenvalue weighted by Crippen LogP contribution is -2.20. The van der Waals surface area contributed by atoms with Gasteiger partial charge in [-0.1, -0.05) is 13.8 Å². The molecule has 20 heavy (non-hydrogen) atoms. The van der Waals surface area contributed by atoms with Gasteiger partial charge in [-0.15, -0.1) is 0 Å². The fourth-order valence-electron chi connectivity index (χ4n) is 2.23. The molecule has 4 heteroatoms. The first-order chi connectivity index (χ1) is 9.54. The summed E-state index contributed by atoms with van der Waals surface area (Å²) in [5, 5.41) is 6.25. The van der Waals surface area contributed by atoms with E-state index in [9.17, 15) is 4.79 Å². The Kier molecular flexibility index (Phi) is 5.01. The summed E-state index contributed by atoms with van der Waals surface area (Å²) in [5.74, 6) is 0.0355. The van der Waals surface area contributed by atoms with Gasteiger partial charge in [0.15, 0.2) is 0 Å². The maximum absolute atomic E-state index is 11.6. The van der Waals surface area contributed by atoms with Crippen LogP contribution in [0.5, 0.6) is 0 Å². The highest BCUT2D eigenvalue weighted by atomic mass is 16.5. The quantitative estimate of drug-likeness (QED) is 0.868. The Labute approximate surface area is 120 Å². The van der Waals surface area contributed by atoms with Crippen molar-refractivity contribution in [2.24, 2.45) is 5.92 Å². The van der Waals surface area contributed by atoms with Crippen LogP contribution in [0.4, 0.5) is 11.4 Å². The summed E-state index contributed by atoms with van der Waals surface area (Å²) in [6.07, 6.45) is 2.96. The predicted octanol–water partition coefficient (Wildman–Crippen LogP) is 3.26. The average molecular weight is 276 g/mol. The molecule has 1 aromatic carbocycles. The summed E-state index contributed by atoms with van der Waals surface area (Å²) in [6.45, 7) is 6.72. The predicted molar refractivity (Wildman–Crippen MR) is 82.0 cm³/mol. The molecule has 2 N–H and O–H groups in total. The largest absolute Gasteiger partial charge is 0.382 e. The topological polar surface area (TPSA) is 50.4 Å². The number of rotatable bonds is 5. The number of carbonyl (C=O) groups excluding carboxylic acids is 1. The summed E-state index contributed by atoms with van der Waals surface area (Å²) in [5.41, 5.74) is 1.88. The second kappa shape index (κ2) is 6.75. The molecule has 1 fully saturated rings. The maximum Gasteiger partial charge on any atom is 0.226 e. The number of benzene rings is 1. The van der Waals surface area contributed by atoms with Gasteiger partial charge in [-0.2, -0.15) is 0 Å². The van der Waals surface area contributed by atoms with Crippen LogP contribution in [-0.4, -0.2) is 24.7 Å². The van der Waals surface area contributed by atoms with Crippen molar-refractivity contribution in [2.45, 2.75) is 45.8 Å². The van der Waals surface area contributed by atoms with Crippen molar-refractivity contribution in [3.8, 4) is 0 Å². The lowest BCUT2D eigenvalue weighted by Gasteiger charge is -2.14.